The van der Waals surface area contributed by atoms with Crippen LogP contribution < -0.4 is 5.73 Å². The summed E-state index contributed by atoms with van der Waals surface area (Å²) in [7, 11) is 0. The molecule has 2 aromatic rings. The first-order chi connectivity index (χ1) is 9.36. The van der Waals surface area contributed by atoms with Gasteiger partial charge in [0, 0.05) is 17.7 Å². The second-order valence-corrected chi connectivity index (χ2v) is 4.42. The molecule has 20 heavy (non-hydrogen) atoms. The van der Waals surface area contributed by atoms with Crippen molar-refractivity contribution in [3.63, 3.8) is 0 Å². The lowest BCUT2D eigenvalue weighted by Crippen LogP contribution is -2.07. The van der Waals surface area contributed by atoms with Crippen LogP contribution in [0.5, 0.6) is 0 Å². The summed E-state index contributed by atoms with van der Waals surface area (Å²) in [4.78, 5) is 12.0. The molecule has 0 radical (unpaired) electrons. The number of hydrogen-bond acceptors (Lipinski definition) is 2. The van der Waals surface area contributed by atoms with Gasteiger partial charge in [-0.2, -0.15) is 13.2 Å². The van der Waals surface area contributed by atoms with E-state index in [9.17, 15) is 18.0 Å². The van der Waals surface area contributed by atoms with Gasteiger partial charge < -0.3 is 5.73 Å². The number of alkyl halides is 3. The van der Waals surface area contributed by atoms with Gasteiger partial charge in [-0.3, -0.25) is 4.79 Å². The third-order valence-electron chi connectivity index (χ3n) is 2.85. The van der Waals surface area contributed by atoms with Crippen LogP contribution in [0.15, 0.2) is 48.5 Å². The third kappa shape index (κ3) is 3.38. The number of carbonyl (C=O) groups excluding carboxylic acids is 1. The van der Waals surface area contributed by atoms with Crippen molar-refractivity contribution in [1.82, 2.24) is 0 Å². The van der Waals surface area contributed by atoms with E-state index in [1.807, 2.05) is 0 Å². The summed E-state index contributed by atoms with van der Waals surface area (Å²) >= 11 is 0. The predicted octanol–water partition coefficient (Wildman–Crippen LogP) is 3.71. The van der Waals surface area contributed by atoms with E-state index in [0.717, 1.165) is 17.7 Å². The van der Waals surface area contributed by atoms with Gasteiger partial charge in [0.1, 0.15) is 0 Å². The largest absolute Gasteiger partial charge is 0.416 e. The maximum atomic E-state index is 12.4. The molecule has 2 nitrogen and oxygen atoms in total. The van der Waals surface area contributed by atoms with Crippen LogP contribution in [0.2, 0.25) is 0 Å². The lowest BCUT2D eigenvalue weighted by Gasteiger charge is -2.07. The standard InChI is InChI=1S/C15H12F3NO/c16-15(17,18)12-6-4-11(5-7-12)14(20)9-10-2-1-3-13(19)8-10/h1-8H,9,19H2. The van der Waals surface area contributed by atoms with E-state index in [2.05, 4.69) is 0 Å². The van der Waals surface area contributed by atoms with Crippen LogP contribution in [-0.2, 0) is 12.6 Å². The maximum absolute atomic E-state index is 12.4. The Bertz CT molecular complexity index is 618. The number of rotatable bonds is 3. The number of nitrogens with two attached hydrogens (primary N) is 1. The average molecular weight is 279 g/mol. The molecule has 0 fully saturated rings. The Morgan fingerprint density at radius 1 is 1.05 bits per heavy atom. The van der Waals surface area contributed by atoms with Gasteiger partial charge in [0.15, 0.2) is 5.78 Å². The van der Waals surface area contributed by atoms with E-state index >= 15 is 0 Å². The van der Waals surface area contributed by atoms with E-state index in [1.54, 1.807) is 24.3 Å². The normalized spacial score (nSPS) is 11.3. The molecule has 2 aromatic carbocycles. The van der Waals surface area contributed by atoms with Crippen LogP contribution in [0.1, 0.15) is 21.5 Å². The van der Waals surface area contributed by atoms with Crippen molar-refractivity contribution >= 4 is 11.5 Å². The molecular weight excluding hydrogens is 267 g/mol. The van der Waals surface area contributed by atoms with Gasteiger partial charge in [-0.25, -0.2) is 0 Å². The first-order valence-corrected chi connectivity index (χ1v) is 5.91. The van der Waals surface area contributed by atoms with E-state index < -0.39 is 11.7 Å². The van der Waals surface area contributed by atoms with E-state index in [4.69, 9.17) is 5.73 Å². The SMILES string of the molecule is Nc1cccc(CC(=O)c2ccc(C(F)(F)F)cc2)c1. The van der Waals surface area contributed by atoms with Gasteiger partial charge in [0.05, 0.1) is 5.56 Å². The second-order valence-electron chi connectivity index (χ2n) is 4.42. The molecule has 0 heterocycles. The minimum Gasteiger partial charge on any atom is -0.399 e. The van der Waals surface area contributed by atoms with Crippen molar-refractivity contribution in [3.8, 4) is 0 Å². The number of benzene rings is 2. The molecule has 0 aliphatic carbocycles. The summed E-state index contributed by atoms with van der Waals surface area (Å²) in [6, 6.07) is 11.0. The van der Waals surface area contributed by atoms with E-state index in [-0.39, 0.29) is 17.8 Å². The molecule has 0 spiro atoms. The quantitative estimate of drug-likeness (QED) is 0.687. The van der Waals surface area contributed by atoms with Crippen LogP contribution >= 0.6 is 0 Å². The highest BCUT2D eigenvalue weighted by Crippen LogP contribution is 2.29. The van der Waals surface area contributed by atoms with Crippen LogP contribution in [0.25, 0.3) is 0 Å². The molecule has 0 aliphatic rings. The second kappa shape index (κ2) is 5.36. The van der Waals surface area contributed by atoms with Crippen molar-refractivity contribution in [2.24, 2.45) is 0 Å². The number of halogens is 3. The molecule has 0 unspecified atom stereocenters. The zero-order chi connectivity index (χ0) is 14.8. The fourth-order valence-corrected chi connectivity index (χ4v) is 1.84. The van der Waals surface area contributed by atoms with Crippen LogP contribution in [-0.4, -0.2) is 5.78 Å². The Kier molecular flexibility index (Phi) is 3.79. The number of anilines is 1. The molecule has 0 bridgehead atoms. The fraction of sp³-hybridized carbons (Fsp3) is 0.133. The molecule has 0 aromatic heterocycles. The number of ketones is 1. The fourth-order valence-electron chi connectivity index (χ4n) is 1.84. The van der Waals surface area contributed by atoms with Crippen molar-refractivity contribution < 1.29 is 18.0 Å². The highest BCUT2D eigenvalue weighted by Gasteiger charge is 2.30. The Labute approximate surface area is 114 Å². The zero-order valence-electron chi connectivity index (χ0n) is 10.4. The smallest absolute Gasteiger partial charge is 0.399 e. The number of hydrogen-bond donors (Lipinski definition) is 1. The zero-order valence-corrected chi connectivity index (χ0v) is 10.4. The van der Waals surface area contributed by atoms with Crippen molar-refractivity contribution in [2.75, 3.05) is 5.73 Å². The van der Waals surface area contributed by atoms with Gasteiger partial charge in [-0.1, -0.05) is 24.3 Å². The Morgan fingerprint density at radius 2 is 1.70 bits per heavy atom. The number of carbonyl (C=O) groups is 1. The summed E-state index contributed by atoms with van der Waals surface area (Å²) in [5, 5.41) is 0. The molecule has 0 aliphatic heterocycles. The summed E-state index contributed by atoms with van der Waals surface area (Å²) in [6.45, 7) is 0. The van der Waals surface area contributed by atoms with Gasteiger partial charge in [0.25, 0.3) is 0 Å². The molecule has 2 N–H and O–H groups in total. The molecule has 104 valence electrons. The molecule has 0 saturated heterocycles. The van der Waals surface area contributed by atoms with Crippen LogP contribution in [0, 0.1) is 0 Å². The lowest BCUT2D eigenvalue weighted by atomic mass is 10.0. The highest BCUT2D eigenvalue weighted by atomic mass is 19.4. The first kappa shape index (κ1) is 14.1. The van der Waals surface area contributed by atoms with Crippen molar-refractivity contribution in [2.45, 2.75) is 12.6 Å². The van der Waals surface area contributed by atoms with E-state index in [0.29, 0.717) is 5.69 Å². The topological polar surface area (TPSA) is 43.1 Å². The molecule has 0 amide bonds. The van der Waals surface area contributed by atoms with Crippen LogP contribution in [0.3, 0.4) is 0 Å². The minimum absolute atomic E-state index is 0.108. The monoisotopic (exact) mass is 279 g/mol. The minimum atomic E-state index is -4.39. The van der Waals surface area contributed by atoms with Gasteiger partial charge in [0.2, 0.25) is 0 Å². The Hall–Kier alpha value is -2.30. The van der Waals surface area contributed by atoms with Crippen molar-refractivity contribution in [1.29, 1.82) is 0 Å². The van der Waals surface area contributed by atoms with Gasteiger partial charge in [-0.15, -0.1) is 0 Å². The molecule has 2 rings (SSSR count). The summed E-state index contributed by atoms with van der Waals surface area (Å²) < 4.78 is 37.2. The van der Waals surface area contributed by atoms with Gasteiger partial charge in [-0.05, 0) is 29.8 Å². The molecule has 0 saturated carbocycles. The maximum Gasteiger partial charge on any atom is 0.416 e. The lowest BCUT2D eigenvalue weighted by molar-refractivity contribution is -0.137. The molecule has 5 heteroatoms. The molecular formula is C15H12F3NO. The Morgan fingerprint density at radius 3 is 2.25 bits per heavy atom. The Balaban J connectivity index is 2.14. The van der Waals surface area contributed by atoms with E-state index in [1.165, 1.54) is 12.1 Å². The highest BCUT2D eigenvalue weighted by molar-refractivity contribution is 5.97. The first-order valence-electron chi connectivity index (χ1n) is 5.91. The van der Waals surface area contributed by atoms with Crippen LogP contribution in [0.4, 0.5) is 18.9 Å². The number of nitrogen functional groups attached to an aromatic ring is 1. The number of Topliss-reactive ketones (excluding diaryl/α,β-unsaturated/α-hetero) is 1. The summed E-state index contributed by atoms with van der Waals surface area (Å²) in [6.07, 6.45) is -4.29. The summed E-state index contributed by atoms with van der Waals surface area (Å²) in [5.74, 6) is -0.246. The summed E-state index contributed by atoms with van der Waals surface area (Å²) in [5.41, 5.74) is 6.36. The van der Waals surface area contributed by atoms with Crippen molar-refractivity contribution in [3.05, 3.63) is 65.2 Å². The average Bonchev–Trinajstić information content (AvgIpc) is 2.38. The third-order valence-corrected chi connectivity index (χ3v) is 2.85. The molecule has 0 atom stereocenters. The van der Waals surface area contributed by atoms with Gasteiger partial charge >= 0.3 is 6.18 Å². The predicted molar refractivity (Wildman–Crippen MR) is 70.3 cm³/mol.